The lowest BCUT2D eigenvalue weighted by molar-refractivity contribution is 0.130. The number of carbonyl (C=O) groups is 1. The molecule has 0 bridgehead atoms. The van der Waals surface area contributed by atoms with Crippen molar-refractivity contribution in [1.29, 1.82) is 0 Å². The third-order valence-electron chi connectivity index (χ3n) is 6.17. The summed E-state index contributed by atoms with van der Waals surface area (Å²) in [6, 6.07) is 6.05. The average Bonchev–Trinajstić information content (AvgIpc) is 3.31. The molecule has 0 saturated carbocycles. The van der Waals surface area contributed by atoms with Crippen LogP contribution in [0.25, 0.3) is 28.0 Å². The van der Waals surface area contributed by atoms with E-state index in [0.717, 1.165) is 31.7 Å². The van der Waals surface area contributed by atoms with Gasteiger partial charge >= 0.3 is 6.09 Å². The van der Waals surface area contributed by atoms with Crippen LogP contribution >= 0.6 is 0 Å². The first kappa shape index (κ1) is 25.8. The zero-order valence-corrected chi connectivity index (χ0v) is 21.4. The van der Waals surface area contributed by atoms with Gasteiger partial charge in [0.25, 0.3) is 0 Å². The lowest BCUT2D eigenvalue weighted by Gasteiger charge is -2.37. The predicted octanol–water partition coefficient (Wildman–Crippen LogP) is 3.46. The fourth-order valence-electron chi connectivity index (χ4n) is 4.15. The number of nitrogens with two attached hydrogens (primary N) is 1. The number of nitrogens with one attached hydrogen (secondary N) is 2. The summed E-state index contributed by atoms with van der Waals surface area (Å²) in [6.07, 6.45) is 5.94. The number of amides is 1. The van der Waals surface area contributed by atoms with Crippen LogP contribution in [0, 0.1) is 0 Å². The van der Waals surface area contributed by atoms with Gasteiger partial charge in [-0.2, -0.15) is 0 Å². The molecule has 11 nitrogen and oxygen atoms in total. The number of H-pyrrole nitrogens is 1. The Morgan fingerprint density at radius 1 is 1.27 bits per heavy atom. The number of anilines is 1. The van der Waals surface area contributed by atoms with E-state index in [1.807, 2.05) is 12.1 Å². The molecular weight excluding hydrogens is 470 g/mol. The first-order valence-electron chi connectivity index (χ1n) is 12.3. The van der Waals surface area contributed by atoms with Crippen molar-refractivity contribution in [2.45, 2.75) is 26.8 Å². The summed E-state index contributed by atoms with van der Waals surface area (Å²) in [5, 5.41) is 2.61. The number of benzene rings is 1. The number of aromatic amines is 1. The Bertz CT molecular complexity index is 1310. The lowest BCUT2D eigenvalue weighted by Crippen LogP contribution is -2.48. The van der Waals surface area contributed by atoms with Crippen molar-refractivity contribution in [2.75, 3.05) is 38.1 Å². The van der Waals surface area contributed by atoms with Crippen LogP contribution in [0.15, 0.2) is 54.2 Å². The largest absolute Gasteiger partial charge is 0.450 e. The Kier molecular flexibility index (Phi) is 8.14. The Hall–Kier alpha value is -4.25. The van der Waals surface area contributed by atoms with Gasteiger partial charge in [0.05, 0.1) is 17.6 Å². The Labute approximate surface area is 216 Å². The molecule has 0 atom stereocenters. The maximum atomic E-state index is 11.9. The molecule has 0 spiro atoms. The van der Waals surface area contributed by atoms with Crippen LogP contribution in [0.2, 0.25) is 0 Å². The van der Waals surface area contributed by atoms with Crippen molar-refractivity contribution in [2.24, 2.45) is 10.7 Å². The molecule has 194 valence electrons. The highest BCUT2D eigenvalue weighted by Gasteiger charge is 2.20. The summed E-state index contributed by atoms with van der Waals surface area (Å²) in [5.41, 5.74) is 9.45. The van der Waals surface area contributed by atoms with Gasteiger partial charge in [-0.3, -0.25) is 10.2 Å². The highest BCUT2D eigenvalue weighted by molar-refractivity contribution is 6.12. The Morgan fingerprint density at radius 3 is 2.65 bits per heavy atom. The molecule has 1 saturated heterocycles. The zero-order valence-electron chi connectivity index (χ0n) is 21.4. The predicted molar refractivity (Wildman–Crippen MR) is 146 cm³/mol. The van der Waals surface area contributed by atoms with Gasteiger partial charge in [-0.1, -0.05) is 6.58 Å². The van der Waals surface area contributed by atoms with Crippen LogP contribution in [0.5, 0.6) is 0 Å². The number of ether oxygens (including phenoxy) is 1. The second-order valence-corrected chi connectivity index (χ2v) is 8.83. The third-order valence-corrected chi connectivity index (χ3v) is 6.17. The van der Waals surface area contributed by atoms with E-state index in [1.54, 1.807) is 31.6 Å². The van der Waals surface area contributed by atoms with Crippen LogP contribution in [-0.2, 0) is 4.74 Å². The maximum Gasteiger partial charge on any atom is 0.413 e. The van der Waals surface area contributed by atoms with Crippen molar-refractivity contribution in [3.8, 4) is 11.4 Å². The monoisotopic (exact) mass is 503 g/mol. The van der Waals surface area contributed by atoms with E-state index in [2.05, 4.69) is 60.5 Å². The van der Waals surface area contributed by atoms with Gasteiger partial charge in [0.15, 0.2) is 5.82 Å². The Balaban J connectivity index is 1.62. The van der Waals surface area contributed by atoms with Crippen LogP contribution in [0.1, 0.15) is 26.3 Å². The van der Waals surface area contributed by atoms with E-state index in [-0.39, 0.29) is 12.6 Å². The van der Waals surface area contributed by atoms with Crippen molar-refractivity contribution in [1.82, 2.24) is 29.7 Å². The molecule has 11 heteroatoms. The van der Waals surface area contributed by atoms with Crippen molar-refractivity contribution in [3.05, 3.63) is 54.8 Å². The van der Waals surface area contributed by atoms with Crippen molar-refractivity contribution >= 4 is 34.9 Å². The molecule has 1 amide bonds. The number of aliphatic imine (C=N–C) groups is 1. The second-order valence-electron chi connectivity index (χ2n) is 8.83. The molecule has 1 fully saturated rings. The van der Waals surface area contributed by atoms with E-state index < -0.39 is 6.09 Å². The fourth-order valence-corrected chi connectivity index (χ4v) is 4.15. The number of piperazine rings is 1. The molecule has 3 aromatic rings. The molecule has 1 aliphatic heterocycles. The maximum absolute atomic E-state index is 11.9. The molecule has 3 heterocycles. The second kappa shape index (κ2) is 11.7. The summed E-state index contributed by atoms with van der Waals surface area (Å²) in [4.78, 5) is 37.6. The quantitative estimate of drug-likeness (QED) is 0.398. The summed E-state index contributed by atoms with van der Waals surface area (Å²) in [5.74, 6) is 1.45. The number of carbonyl (C=O) groups excluding carboxylic acids is 1. The van der Waals surface area contributed by atoms with E-state index in [4.69, 9.17) is 10.5 Å². The molecule has 37 heavy (non-hydrogen) atoms. The summed E-state index contributed by atoms with van der Waals surface area (Å²) in [7, 11) is 0. The Morgan fingerprint density at radius 2 is 2.00 bits per heavy atom. The SMILES string of the molecule is C=C(/N=C\C(=C/N)c1cc(-c2ncccn2)c2[nH]c(NC(=O)OCC)nc2c1)N1CCN(C(C)C)CC1. The highest BCUT2D eigenvalue weighted by Crippen LogP contribution is 2.30. The van der Waals surface area contributed by atoms with Crippen molar-refractivity contribution < 1.29 is 9.53 Å². The zero-order chi connectivity index (χ0) is 26.4. The van der Waals surface area contributed by atoms with Gasteiger partial charge in [-0.15, -0.1) is 0 Å². The van der Waals surface area contributed by atoms with E-state index in [0.29, 0.717) is 39.9 Å². The van der Waals surface area contributed by atoms with Gasteiger partial charge < -0.3 is 20.4 Å². The third kappa shape index (κ3) is 6.12. The van der Waals surface area contributed by atoms with E-state index in [9.17, 15) is 4.79 Å². The molecule has 0 aliphatic carbocycles. The number of imidazole rings is 1. The number of fused-ring (bicyclic) bond motifs is 1. The number of nitrogens with zero attached hydrogens (tertiary/aromatic N) is 6. The molecule has 1 aliphatic rings. The summed E-state index contributed by atoms with van der Waals surface area (Å²) >= 11 is 0. The van der Waals surface area contributed by atoms with Gasteiger partial charge in [0, 0.05) is 68.2 Å². The van der Waals surface area contributed by atoms with Gasteiger partial charge in [-0.05, 0) is 44.5 Å². The summed E-state index contributed by atoms with van der Waals surface area (Å²) in [6.45, 7) is 14.3. The minimum absolute atomic E-state index is 0.252. The van der Waals surface area contributed by atoms with Gasteiger partial charge in [-0.25, -0.2) is 24.7 Å². The number of allylic oxidation sites excluding steroid dienone is 1. The number of hydrogen-bond donors (Lipinski definition) is 3. The number of rotatable bonds is 8. The van der Waals surface area contributed by atoms with Gasteiger partial charge in [0.2, 0.25) is 5.95 Å². The lowest BCUT2D eigenvalue weighted by atomic mass is 10.0. The minimum atomic E-state index is -0.596. The molecule has 4 rings (SSSR count). The molecule has 2 aromatic heterocycles. The average molecular weight is 504 g/mol. The summed E-state index contributed by atoms with van der Waals surface area (Å²) < 4.78 is 4.97. The molecule has 4 N–H and O–H groups in total. The van der Waals surface area contributed by atoms with E-state index in [1.165, 1.54) is 6.20 Å². The highest BCUT2D eigenvalue weighted by atomic mass is 16.5. The van der Waals surface area contributed by atoms with Crippen LogP contribution < -0.4 is 11.1 Å². The smallest absolute Gasteiger partial charge is 0.413 e. The molecular formula is C26H33N9O2. The first-order chi connectivity index (χ1) is 17.9. The van der Waals surface area contributed by atoms with Crippen LogP contribution in [-0.4, -0.2) is 80.9 Å². The molecule has 0 radical (unpaired) electrons. The topological polar surface area (TPSA) is 138 Å². The molecule has 1 aromatic carbocycles. The van der Waals surface area contributed by atoms with Gasteiger partial charge in [0.1, 0.15) is 5.82 Å². The molecule has 0 unspecified atom stereocenters. The van der Waals surface area contributed by atoms with Crippen LogP contribution in [0.4, 0.5) is 10.7 Å². The minimum Gasteiger partial charge on any atom is -0.450 e. The number of aromatic nitrogens is 4. The van der Waals surface area contributed by atoms with Crippen molar-refractivity contribution in [3.63, 3.8) is 0 Å². The number of hydrogen-bond acceptors (Lipinski definition) is 9. The van der Waals surface area contributed by atoms with E-state index >= 15 is 0 Å². The fraction of sp³-hybridized carbons (Fsp3) is 0.346. The first-order valence-corrected chi connectivity index (χ1v) is 12.3. The normalized spacial score (nSPS) is 15.0. The standard InChI is InChI=1S/C26H33N9O2/c1-5-37-26(36)33-25-31-22-14-19(13-21(23(22)32-25)24-28-7-6-8-29-24)20(15-27)16-30-18(4)35-11-9-34(10-12-35)17(2)3/h6-8,13-17H,4-5,9-12,27H2,1-3H3,(H2,31,32,33,36)/b20-15+,30-16-. The van der Waals surface area contributed by atoms with Crippen LogP contribution in [0.3, 0.4) is 0 Å².